The highest BCUT2D eigenvalue weighted by molar-refractivity contribution is 5.90. The number of carbonyl (C=O) groups is 1. The lowest BCUT2D eigenvalue weighted by atomic mass is 10.1. The Bertz CT molecular complexity index is 761. The molecular weight excluding hydrogens is 328 g/mol. The van der Waals surface area contributed by atoms with Crippen LogP contribution in [0.1, 0.15) is 23.6 Å². The lowest BCUT2D eigenvalue weighted by Gasteiger charge is -2.32. The van der Waals surface area contributed by atoms with E-state index in [1.807, 2.05) is 50.4 Å². The zero-order chi connectivity index (χ0) is 18.5. The Morgan fingerprint density at radius 2 is 2.15 bits per heavy atom. The van der Waals surface area contributed by atoms with Gasteiger partial charge in [-0.1, -0.05) is 18.2 Å². The second-order valence-corrected chi connectivity index (χ2v) is 6.78. The molecule has 0 radical (unpaired) electrons. The summed E-state index contributed by atoms with van der Waals surface area (Å²) in [7, 11) is 0. The van der Waals surface area contributed by atoms with Crippen molar-refractivity contribution < 1.29 is 9.53 Å². The zero-order valence-electron chi connectivity index (χ0n) is 15.6. The predicted molar refractivity (Wildman–Crippen MR) is 104 cm³/mol. The second kappa shape index (κ2) is 8.19. The Balaban J connectivity index is 1.53. The molecule has 0 bridgehead atoms. The number of urea groups is 1. The van der Waals surface area contributed by atoms with E-state index >= 15 is 0 Å². The number of ether oxygens (including phenoxy) is 1. The quantitative estimate of drug-likeness (QED) is 0.884. The molecule has 6 heteroatoms. The maximum atomic E-state index is 12.1. The van der Waals surface area contributed by atoms with Crippen LogP contribution in [0.2, 0.25) is 0 Å². The van der Waals surface area contributed by atoms with Crippen LogP contribution in [0.4, 0.5) is 16.3 Å². The van der Waals surface area contributed by atoms with Crippen LogP contribution in [0.15, 0.2) is 36.5 Å². The van der Waals surface area contributed by atoms with Gasteiger partial charge in [0.15, 0.2) is 0 Å². The third-order valence-corrected chi connectivity index (χ3v) is 4.47. The van der Waals surface area contributed by atoms with Crippen molar-refractivity contribution in [2.45, 2.75) is 33.4 Å². The number of benzene rings is 1. The number of pyridine rings is 1. The molecule has 2 heterocycles. The van der Waals surface area contributed by atoms with E-state index in [0.717, 1.165) is 47.9 Å². The first-order valence-corrected chi connectivity index (χ1v) is 8.95. The maximum Gasteiger partial charge on any atom is 0.319 e. The molecule has 1 aliphatic heterocycles. The molecule has 1 atom stereocenters. The fraction of sp³-hybridized carbons (Fsp3) is 0.400. The van der Waals surface area contributed by atoms with Gasteiger partial charge in [0.1, 0.15) is 5.82 Å². The zero-order valence-corrected chi connectivity index (χ0v) is 15.6. The van der Waals surface area contributed by atoms with Crippen molar-refractivity contribution in [1.29, 1.82) is 0 Å². The molecule has 2 amide bonds. The van der Waals surface area contributed by atoms with E-state index in [9.17, 15) is 4.79 Å². The normalized spacial score (nSPS) is 17.0. The number of aromatic nitrogens is 1. The molecule has 0 aliphatic carbocycles. The number of morpholine rings is 1. The summed E-state index contributed by atoms with van der Waals surface area (Å²) in [5, 5.41) is 5.77. The molecule has 3 rings (SSSR count). The number of anilines is 2. The van der Waals surface area contributed by atoms with Gasteiger partial charge in [-0.25, -0.2) is 9.78 Å². The molecule has 1 aromatic carbocycles. The van der Waals surface area contributed by atoms with E-state index in [1.54, 1.807) is 0 Å². The van der Waals surface area contributed by atoms with Crippen molar-refractivity contribution in [3.63, 3.8) is 0 Å². The van der Waals surface area contributed by atoms with Gasteiger partial charge in [0.2, 0.25) is 0 Å². The number of nitrogens with zero attached hydrogens (tertiary/aromatic N) is 2. The van der Waals surface area contributed by atoms with Crippen molar-refractivity contribution in [2.75, 3.05) is 29.9 Å². The Labute approximate surface area is 154 Å². The first-order chi connectivity index (χ1) is 12.5. The molecule has 1 aromatic heterocycles. The highest BCUT2D eigenvalue weighted by Crippen LogP contribution is 2.17. The van der Waals surface area contributed by atoms with E-state index in [-0.39, 0.29) is 12.1 Å². The molecule has 1 aliphatic rings. The van der Waals surface area contributed by atoms with Crippen molar-refractivity contribution >= 4 is 17.5 Å². The van der Waals surface area contributed by atoms with Crippen LogP contribution >= 0.6 is 0 Å². The fourth-order valence-electron chi connectivity index (χ4n) is 2.95. The number of amides is 2. The molecule has 2 N–H and O–H groups in total. The number of carbonyl (C=O) groups excluding carboxylic acids is 1. The molecule has 26 heavy (non-hydrogen) atoms. The summed E-state index contributed by atoms with van der Waals surface area (Å²) in [5.74, 6) is 0.948. The van der Waals surface area contributed by atoms with Gasteiger partial charge in [0.05, 0.1) is 12.7 Å². The third-order valence-electron chi connectivity index (χ3n) is 4.47. The van der Waals surface area contributed by atoms with Crippen LogP contribution in [-0.4, -0.2) is 36.8 Å². The summed E-state index contributed by atoms with van der Waals surface area (Å²) in [6.07, 6.45) is 2.04. The summed E-state index contributed by atoms with van der Waals surface area (Å²) in [6.45, 7) is 8.92. The van der Waals surface area contributed by atoms with Crippen molar-refractivity contribution in [3.8, 4) is 0 Å². The van der Waals surface area contributed by atoms with Gasteiger partial charge in [-0.15, -0.1) is 0 Å². The molecule has 6 nitrogen and oxygen atoms in total. The van der Waals surface area contributed by atoms with E-state index in [4.69, 9.17) is 4.74 Å². The molecule has 138 valence electrons. The largest absolute Gasteiger partial charge is 0.375 e. The summed E-state index contributed by atoms with van der Waals surface area (Å²) in [5.41, 5.74) is 3.95. The van der Waals surface area contributed by atoms with Crippen molar-refractivity contribution in [1.82, 2.24) is 10.3 Å². The number of rotatable bonds is 4. The molecule has 1 saturated heterocycles. The first-order valence-electron chi connectivity index (χ1n) is 8.95. The molecule has 2 aromatic rings. The minimum atomic E-state index is -0.218. The lowest BCUT2D eigenvalue weighted by Crippen LogP contribution is -2.41. The number of aryl methyl sites for hydroxylation is 2. The molecule has 0 spiro atoms. The van der Waals surface area contributed by atoms with Gasteiger partial charge >= 0.3 is 6.03 Å². The van der Waals surface area contributed by atoms with Gasteiger partial charge < -0.3 is 20.3 Å². The van der Waals surface area contributed by atoms with E-state index < -0.39 is 0 Å². The van der Waals surface area contributed by atoms with Crippen LogP contribution in [0.25, 0.3) is 0 Å². The van der Waals surface area contributed by atoms with Crippen LogP contribution in [0.3, 0.4) is 0 Å². The predicted octanol–water partition coefficient (Wildman–Crippen LogP) is 3.25. The SMILES string of the molecule is Cc1ccc(C)c(NC(=O)NCc2ccc(N3CCOC(C)C3)nc2)c1. The van der Waals surface area contributed by atoms with Gasteiger partial charge in [-0.3, -0.25) is 0 Å². The van der Waals surface area contributed by atoms with Crippen LogP contribution in [0.5, 0.6) is 0 Å². The third kappa shape index (κ3) is 4.73. The first kappa shape index (κ1) is 18.2. The minimum Gasteiger partial charge on any atom is -0.375 e. The van der Waals surface area contributed by atoms with Crippen LogP contribution < -0.4 is 15.5 Å². The van der Waals surface area contributed by atoms with Crippen LogP contribution in [0, 0.1) is 13.8 Å². The average molecular weight is 354 g/mol. The Morgan fingerprint density at radius 3 is 2.88 bits per heavy atom. The van der Waals surface area contributed by atoms with Crippen molar-refractivity contribution in [3.05, 3.63) is 53.2 Å². The highest BCUT2D eigenvalue weighted by Gasteiger charge is 2.17. The van der Waals surface area contributed by atoms with Gasteiger partial charge in [0.25, 0.3) is 0 Å². The Hall–Kier alpha value is -2.60. The topological polar surface area (TPSA) is 66.5 Å². The Morgan fingerprint density at radius 1 is 1.31 bits per heavy atom. The molecular formula is C20H26N4O2. The standard InChI is InChI=1S/C20H26N4O2/c1-14-4-5-15(2)18(10-14)23-20(25)22-12-17-6-7-19(21-11-17)24-8-9-26-16(3)13-24/h4-7,10-11,16H,8-9,12-13H2,1-3H3,(H2,22,23,25). The summed E-state index contributed by atoms with van der Waals surface area (Å²) in [4.78, 5) is 18.9. The molecule has 0 saturated carbocycles. The second-order valence-electron chi connectivity index (χ2n) is 6.78. The van der Waals surface area contributed by atoms with Crippen molar-refractivity contribution in [2.24, 2.45) is 0 Å². The van der Waals surface area contributed by atoms with Gasteiger partial charge in [-0.2, -0.15) is 0 Å². The smallest absolute Gasteiger partial charge is 0.319 e. The maximum absolute atomic E-state index is 12.1. The monoisotopic (exact) mass is 354 g/mol. The highest BCUT2D eigenvalue weighted by atomic mass is 16.5. The summed E-state index contributed by atoms with van der Waals surface area (Å²) < 4.78 is 5.56. The summed E-state index contributed by atoms with van der Waals surface area (Å²) >= 11 is 0. The lowest BCUT2D eigenvalue weighted by molar-refractivity contribution is 0.0529. The Kier molecular flexibility index (Phi) is 5.73. The molecule has 1 fully saturated rings. The van der Waals surface area contributed by atoms with Gasteiger partial charge in [0, 0.05) is 31.5 Å². The molecule has 1 unspecified atom stereocenters. The average Bonchev–Trinajstić information content (AvgIpc) is 2.63. The van der Waals surface area contributed by atoms with Gasteiger partial charge in [-0.05, 0) is 49.6 Å². The number of hydrogen-bond acceptors (Lipinski definition) is 4. The van der Waals surface area contributed by atoms with E-state index in [2.05, 4.69) is 27.4 Å². The van der Waals surface area contributed by atoms with E-state index in [0.29, 0.717) is 6.54 Å². The summed E-state index contributed by atoms with van der Waals surface area (Å²) in [6, 6.07) is 9.78. The van der Waals surface area contributed by atoms with Crippen LogP contribution in [-0.2, 0) is 11.3 Å². The number of nitrogens with one attached hydrogen (secondary N) is 2. The fourth-order valence-corrected chi connectivity index (χ4v) is 2.95. The van der Waals surface area contributed by atoms with E-state index in [1.165, 1.54) is 0 Å². The minimum absolute atomic E-state index is 0.218. The number of hydrogen-bond donors (Lipinski definition) is 2.